The summed E-state index contributed by atoms with van der Waals surface area (Å²) >= 11 is 0. The summed E-state index contributed by atoms with van der Waals surface area (Å²) in [5, 5.41) is 9.43. The van der Waals surface area contributed by atoms with Crippen molar-refractivity contribution in [1.29, 1.82) is 0 Å². The van der Waals surface area contributed by atoms with Gasteiger partial charge in [-0.3, -0.25) is 0 Å². The average molecular weight is 162 g/mol. The van der Waals surface area contributed by atoms with Gasteiger partial charge in [0.25, 0.3) is 0 Å². The summed E-state index contributed by atoms with van der Waals surface area (Å²) in [7, 11) is 0. The third kappa shape index (κ3) is 2.89. The first-order chi connectivity index (χ1) is 5.83. The lowest BCUT2D eigenvalue weighted by atomic mass is 10.1. The van der Waals surface area contributed by atoms with Crippen molar-refractivity contribution >= 4 is 0 Å². The highest BCUT2D eigenvalue weighted by Gasteiger charge is 2.01. The first-order valence-corrected chi connectivity index (χ1v) is 4.16. The van der Waals surface area contributed by atoms with E-state index in [0.717, 1.165) is 0 Å². The maximum absolute atomic E-state index is 9.43. The largest absolute Gasteiger partial charge is 0.392 e. The number of benzene rings is 1. The second kappa shape index (κ2) is 4.73. The number of hydrogen-bond donors (Lipinski definition) is 1. The van der Waals surface area contributed by atoms with Crippen molar-refractivity contribution in [3.05, 3.63) is 48.6 Å². The fourth-order valence-corrected chi connectivity index (χ4v) is 1.16. The Balaban J connectivity index is 2.46. The molecule has 1 aromatic carbocycles. The van der Waals surface area contributed by atoms with Crippen LogP contribution in [0.2, 0.25) is 0 Å². The van der Waals surface area contributed by atoms with E-state index in [-0.39, 0.29) is 6.10 Å². The van der Waals surface area contributed by atoms with Gasteiger partial charge < -0.3 is 5.11 Å². The molecule has 1 N–H and O–H groups in total. The van der Waals surface area contributed by atoms with E-state index in [0.29, 0.717) is 12.8 Å². The normalized spacial score (nSPS) is 12.4. The second-order valence-electron chi connectivity index (χ2n) is 2.87. The van der Waals surface area contributed by atoms with Crippen LogP contribution < -0.4 is 0 Å². The Morgan fingerprint density at radius 1 is 1.33 bits per heavy atom. The molecule has 0 unspecified atom stereocenters. The molecule has 0 bridgehead atoms. The summed E-state index contributed by atoms with van der Waals surface area (Å²) in [6, 6.07) is 9.98. The van der Waals surface area contributed by atoms with Gasteiger partial charge in [-0.1, -0.05) is 36.4 Å². The summed E-state index contributed by atoms with van der Waals surface area (Å²) in [5.41, 5.74) is 1.17. The molecule has 1 heteroatoms. The van der Waals surface area contributed by atoms with Gasteiger partial charge in [-0.2, -0.15) is 0 Å². The Kier molecular flexibility index (Phi) is 3.55. The number of aliphatic hydroxyl groups is 1. The van der Waals surface area contributed by atoms with Crippen molar-refractivity contribution < 1.29 is 5.11 Å². The number of rotatable bonds is 4. The zero-order valence-corrected chi connectivity index (χ0v) is 7.11. The number of hydrogen-bond acceptors (Lipinski definition) is 1. The summed E-state index contributed by atoms with van der Waals surface area (Å²) in [4.78, 5) is 0. The molecule has 0 saturated carbocycles. The maximum Gasteiger partial charge on any atom is 0.0614 e. The quantitative estimate of drug-likeness (QED) is 0.673. The Morgan fingerprint density at radius 2 is 2.00 bits per heavy atom. The lowest BCUT2D eigenvalue weighted by molar-refractivity contribution is 0.178. The molecule has 64 valence electrons. The zero-order valence-electron chi connectivity index (χ0n) is 7.11. The van der Waals surface area contributed by atoms with Crippen molar-refractivity contribution in [2.75, 3.05) is 0 Å². The summed E-state index contributed by atoms with van der Waals surface area (Å²) < 4.78 is 0. The molecule has 12 heavy (non-hydrogen) atoms. The summed E-state index contributed by atoms with van der Waals surface area (Å²) in [6.07, 6.45) is 2.83. The molecule has 0 aliphatic carbocycles. The van der Waals surface area contributed by atoms with E-state index >= 15 is 0 Å². The van der Waals surface area contributed by atoms with E-state index in [1.807, 2.05) is 30.3 Å². The van der Waals surface area contributed by atoms with Crippen LogP contribution in [0.3, 0.4) is 0 Å². The van der Waals surface area contributed by atoms with Gasteiger partial charge in [-0.05, 0) is 18.4 Å². The van der Waals surface area contributed by atoms with E-state index < -0.39 is 0 Å². The Labute approximate surface area is 73.4 Å². The molecule has 0 aliphatic heterocycles. The number of aliphatic hydroxyl groups excluding tert-OH is 1. The van der Waals surface area contributed by atoms with E-state index in [1.165, 1.54) is 5.56 Å². The molecule has 1 rings (SSSR count). The standard InChI is InChI=1S/C11H14O/c1-2-6-11(12)9-10-7-4-3-5-8-10/h2-5,7-8,11-12H,1,6,9H2/t11-/m0/s1. The third-order valence-corrected chi connectivity index (χ3v) is 1.75. The lowest BCUT2D eigenvalue weighted by Crippen LogP contribution is -2.08. The van der Waals surface area contributed by atoms with Gasteiger partial charge in [-0.25, -0.2) is 0 Å². The smallest absolute Gasteiger partial charge is 0.0614 e. The van der Waals surface area contributed by atoms with Gasteiger partial charge in [0.05, 0.1) is 6.10 Å². The van der Waals surface area contributed by atoms with Crippen molar-refractivity contribution in [3.63, 3.8) is 0 Å². The third-order valence-electron chi connectivity index (χ3n) is 1.75. The Hall–Kier alpha value is -1.08. The van der Waals surface area contributed by atoms with E-state index in [2.05, 4.69) is 6.58 Å². The first kappa shape index (κ1) is 9.01. The Morgan fingerprint density at radius 3 is 2.58 bits per heavy atom. The van der Waals surface area contributed by atoms with Crippen molar-refractivity contribution in [2.45, 2.75) is 18.9 Å². The molecular formula is C11H14O. The van der Waals surface area contributed by atoms with Gasteiger partial charge in [0.15, 0.2) is 0 Å². The van der Waals surface area contributed by atoms with Crippen LogP contribution in [0.15, 0.2) is 43.0 Å². The van der Waals surface area contributed by atoms with E-state index in [9.17, 15) is 5.11 Å². The fraction of sp³-hybridized carbons (Fsp3) is 0.273. The average Bonchev–Trinajstić information content (AvgIpc) is 2.06. The van der Waals surface area contributed by atoms with Gasteiger partial charge in [0.1, 0.15) is 0 Å². The molecule has 0 aliphatic rings. The summed E-state index contributed by atoms with van der Waals surface area (Å²) in [5.74, 6) is 0. The van der Waals surface area contributed by atoms with Crippen molar-refractivity contribution in [1.82, 2.24) is 0 Å². The van der Waals surface area contributed by atoms with Gasteiger partial charge in [0, 0.05) is 0 Å². The molecule has 0 saturated heterocycles. The van der Waals surface area contributed by atoms with Crippen LogP contribution in [-0.4, -0.2) is 11.2 Å². The molecule has 0 heterocycles. The van der Waals surface area contributed by atoms with Crippen LogP contribution in [0.5, 0.6) is 0 Å². The highest BCUT2D eigenvalue weighted by molar-refractivity contribution is 5.15. The minimum atomic E-state index is -0.287. The predicted molar refractivity (Wildman–Crippen MR) is 51.0 cm³/mol. The molecule has 0 fully saturated rings. The summed E-state index contributed by atoms with van der Waals surface area (Å²) in [6.45, 7) is 3.58. The van der Waals surface area contributed by atoms with Crippen LogP contribution in [0.25, 0.3) is 0 Å². The highest BCUT2D eigenvalue weighted by Crippen LogP contribution is 2.05. The van der Waals surface area contributed by atoms with Crippen LogP contribution in [0.1, 0.15) is 12.0 Å². The second-order valence-corrected chi connectivity index (χ2v) is 2.87. The van der Waals surface area contributed by atoms with Crippen LogP contribution in [0, 0.1) is 0 Å². The Bertz CT molecular complexity index is 228. The van der Waals surface area contributed by atoms with Crippen LogP contribution >= 0.6 is 0 Å². The van der Waals surface area contributed by atoms with Crippen molar-refractivity contribution in [2.24, 2.45) is 0 Å². The molecule has 0 spiro atoms. The first-order valence-electron chi connectivity index (χ1n) is 4.16. The molecule has 1 nitrogen and oxygen atoms in total. The topological polar surface area (TPSA) is 20.2 Å². The minimum absolute atomic E-state index is 0.287. The molecule has 0 radical (unpaired) electrons. The van der Waals surface area contributed by atoms with E-state index in [1.54, 1.807) is 6.08 Å². The molecule has 1 aromatic rings. The van der Waals surface area contributed by atoms with Crippen molar-refractivity contribution in [3.8, 4) is 0 Å². The molecular weight excluding hydrogens is 148 g/mol. The monoisotopic (exact) mass is 162 g/mol. The SMILES string of the molecule is C=CC[C@H](O)Cc1ccccc1. The zero-order chi connectivity index (χ0) is 8.81. The highest BCUT2D eigenvalue weighted by atomic mass is 16.3. The maximum atomic E-state index is 9.43. The molecule has 0 aromatic heterocycles. The predicted octanol–water partition coefficient (Wildman–Crippen LogP) is 2.17. The molecule has 0 amide bonds. The minimum Gasteiger partial charge on any atom is -0.392 e. The van der Waals surface area contributed by atoms with Crippen LogP contribution in [0.4, 0.5) is 0 Å². The fourth-order valence-electron chi connectivity index (χ4n) is 1.16. The van der Waals surface area contributed by atoms with Gasteiger partial charge in [-0.15, -0.1) is 6.58 Å². The van der Waals surface area contributed by atoms with E-state index in [4.69, 9.17) is 0 Å². The van der Waals surface area contributed by atoms with Gasteiger partial charge in [0.2, 0.25) is 0 Å². The van der Waals surface area contributed by atoms with Gasteiger partial charge >= 0.3 is 0 Å². The van der Waals surface area contributed by atoms with Crippen LogP contribution in [-0.2, 0) is 6.42 Å². The molecule has 1 atom stereocenters. The lowest BCUT2D eigenvalue weighted by Gasteiger charge is -2.06.